The van der Waals surface area contributed by atoms with Crippen molar-refractivity contribution in [2.24, 2.45) is 0 Å². The van der Waals surface area contributed by atoms with Crippen LogP contribution in [-0.4, -0.2) is 17.6 Å². The maximum atomic E-state index is 13.0. The topological polar surface area (TPSA) is 47.6 Å². The van der Waals surface area contributed by atoms with Gasteiger partial charge in [0, 0.05) is 17.0 Å². The molecular formula is C23H28ClNO3. The zero-order valence-corrected chi connectivity index (χ0v) is 17.9. The molecule has 0 aromatic heterocycles. The Kier molecular flexibility index (Phi) is 5.90. The highest BCUT2D eigenvalue weighted by molar-refractivity contribution is 6.31. The summed E-state index contributed by atoms with van der Waals surface area (Å²) in [5.41, 5.74) is 2.73. The van der Waals surface area contributed by atoms with Crippen LogP contribution in [0.3, 0.4) is 0 Å². The predicted molar refractivity (Wildman–Crippen MR) is 112 cm³/mol. The van der Waals surface area contributed by atoms with Crippen LogP contribution in [0.15, 0.2) is 36.4 Å². The Morgan fingerprint density at radius 3 is 2.71 bits per heavy atom. The van der Waals surface area contributed by atoms with Crippen molar-refractivity contribution in [1.29, 1.82) is 0 Å². The van der Waals surface area contributed by atoms with Gasteiger partial charge in [-0.25, -0.2) is 0 Å². The molecule has 0 radical (unpaired) electrons. The van der Waals surface area contributed by atoms with Crippen LogP contribution in [0, 0.1) is 13.8 Å². The van der Waals surface area contributed by atoms with Crippen LogP contribution in [0.2, 0.25) is 5.02 Å². The molecule has 0 bridgehead atoms. The highest BCUT2D eigenvalue weighted by atomic mass is 35.5. The van der Waals surface area contributed by atoms with Gasteiger partial charge in [0.2, 0.25) is 0 Å². The zero-order valence-electron chi connectivity index (χ0n) is 17.1. The minimum atomic E-state index is -0.570. The van der Waals surface area contributed by atoms with E-state index >= 15 is 0 Å². The largest absolute Gasteiger partial charge is 0.487 e. The second kappa shape index (κ2) is 8.04. The first-order chi connectivity index (χ1) is 13.2. The van der Waals surface area contributed by atoms with Gasteiger partial charge in [-0.15, -0.1) is 0 Å². The van der Waals surface area contributed by atoms with Gasteiger partial charge in [0.25, 0.3) is 5.91 Å². The van der Waals surface area contributed by atoms with Gasteiger partial charge in [0.05, 0.1) is 6.04 Å². The zero-order chi connectivity index (χ0) is 20.5. The number of nitrogens with one attached hydrogen (secondary N) is 1. The average molecular weight is 402 g/mol. The van der Waals surface area contributed by atoms with E-state index in [9.17, 15) is 4.79 Å². The molecule has 3 rings (SSSR count). The number of hydrogen-bond donors (Lipinski definition) is 1. The number of carbonyl (C=O) groups excluding carboxylic acids is 1. The van der Waals surface area contributed by atoms with E-state index in [4.69, 9.17) is 21.1 Å². The van der Waals surface area contributed by atoms with Crippen molar-refractivity contribution in [2.75, 3.05) is 0 Å². The first-order valence-corrected chi connectivity index (χ1v) is 10.1. The molecule has 0 saturated carbocycles. The molecule has 0 unspecified atom stereocenters. The second-order valence-electron chi connectivity index (χ2n) is 8.09. The van der Waals surface area contributed by atoms with E-state index in [0.717, 1.165) is 22.4 Å². The molecule has 0 fully saturated rings. The number of aryl methyl sites for hydroxylation is 2. The highest BCUT2D eigenvalue weighted by Gasteiger charge is 2.35. The normalized spacial score (nSPS) is 18.6. The summed E-state index contributed by atoms with van der Waals surface area (Å²) in [7, 11) is 0. The van der Waals surface area contributed by atoms with Crippen LogP contribution in [-0.2, 0) is 4.79 Å². The Balaban J connectivity index is 1.78. The summed E-state index contributed by atoms with van der Waals surface area (Å²) in [5.74, 6) is 1.35. The third-order valence-electron chi connectivity index (χ3n) is 5.01. The van der Waals surface area contributed by atoms with E-state index in [1.807, 2.05) is 52.8 Å². The molecule has 5 heteroatoms. The molecular weight excluding hydrogens is 374 g/mol. The second-order valence-corrected chi connectivity index (χ2v) is 8.50. The van der Waals surface area contributed by atoms with E-state index in [-0.39, 0.29) is 17.6 Å². The summed E-state index contributed by atoms with van der Waals surface area (Å²) in [6.07, 6.45) is 0.701. The van der Waals surface area contributed by atoms with Gasteiger partial charge in [-0.3, -0.25) is 4.79 Å². The highest BCUT2D eigenvalue weighted by Crippen LogP contribution is 2.40. The molecule has 2 aromatic rings. The molecule has 1 aliphatic heterocycles. The first kappa shape index (κ1) is 20.5. The van der Waals surface area contributed by atoms with Crippen molar-refractivity contribution in [2.45, 2.75) is 65.2 Å². The van der Waals surface area contributed by atoms with Crippen molar-refractivity contribution in [3.05, 3.63) is 58.1 Å². The fraction of sp³-hybridized carbons (Fsp3) is 0.435. The fourth-order valence-electron chi connectivity index (χ4n) is 3.54. The number of hydrogen-bond acceptors (Lipinski definition) is 3. The van der Waals surface area contributed by atoms with E-state index in [1.165, 1.54) is 0 Å². The van der Waals surface area contributed by atoms with Gasteiger partial charge in [-0.2, -0.15) is 0 Å². The molecule has 1 N–H and O–H groups in total. The minimum Gasteiger partial charge on any atom is -0.487 e. The lowest BCUT2D eigenvalue weighted by Gasteiger charge is -2.38. The summed E-state index contributed by atoms with van der Waals surface area (Å²) in [6, 6.07) is 11.4. The summed E-state index contributed by atoms with van der Waals surface area (Å²) < 4.78 is 12.1. The molecule has 1 amide bonds. The van der Waals surface area contributed by atoms with Gasteiger partial charge in [0.1, 0.15) is 17.1 Å². The van der Waals surface area contributed by atoms with E-state index < -0.39 is 6.10 Å². The number of fused-ring (bicyclic) bond motifs is 1. The maximum absolute atomic E-state index is 13.0. The molecule has 4 nitrogen and oxygen atoms in total. The number of halogens is 1. The molecule has 150 valence electrons. The molecule has 28 heavy (non-hydrogen) atoms. The number of ether oxygens (including phenoxy) is 2. The third kappa shape index (κ3) is 4.61. The molecule has 2 atom stereocenters. The summed E-state index contributed by atoms with van der Waals surface area (Å²) in [6.45, 7) is 9.98. The minimum absolute atomic E-state index is 0.115. The summed E-state index contributed by atoms with van der Waals surface area (Å²) in [5, 5.41) is 3.87. The molecule has 1 aliphatic rings. The number of carbonyl (C=O) groups is 1. The van der Waals surface area contributed by atoms with Gasteiger partial charge in [-0.05, 0) is 63.9 Å². The predicted octanol–water partition coefficient (Wildman–Crippen LogP) is 5.53. The van der Waals surface area contributed by atoms with Crippen LogP contribution in [0.4, 0.5) is 0 Å². The smallest absolute Gasteiger partial charge is 0.261 e. The molecule has 2 aromatic carbocycles. The summed E-state index contributed by atoms with van der Waals surface area (Å²) in [4.78, 5) is 13.0. The molecule has 0 aliphatic carbocycles. The van der Waals surface area contributed by atoms with Crippen molar-refractivity contribution in [3.8, 4) is 11.5 Å². The first-order valence-electron chi connectivity index (χ1n) is 9.71. The molecule has 0 saturated heterocycles. The molecule has 1 heterocycles. The van der Waals surface area contributed by atoms with E-state index in [0.29, 0.717) is 23.6 Å². The SMILES string of the molecule is CC[C@@H](Oc1ccc(Cl)c(C)c1)C(=O)N[C@H]1CC(C)(C)Oc2ccc(C)cc21. The lowest BCUT2D eigenvalue weighted by Crippen LogP contribution is -2.45. The van der Waals surface area contributed by atoms with Crippen molar-refractivity contribution in [1.82, 2.24) is 5.32 Å². The lowest BCUT2D eigenvalue weighted by molar-refractivity contribution is -0.129. The van der Waals surface area contributed by atoms with Crippen LogP contribution < -0.4 is 14.8 Å². The van der Waals surface area contributed by atoms with Gasteiger partial charge >= 0.3 is 0 Å². The van der Waals surface area contributed by atoms with Gasteiger partial charge in [-0.1, -0.05) is 36.2 Å². The number of amides is 1. The third-order valence-corrected chi connectivity index (χ3v) is 5.43. The Morgan fingerprint density at radius 2 is 2.04 bits per heavy atom. The Labute approximate surface area is 172 Å². The van der Waals surface area contributed by atoms with Crippen LogP contribution in [0.25, 0.3) is 0 Å². The van der Waals surface area contributed by atoms with E-state index in [2.05, 4.69) is 11.4 Å². The standard InChI is InChI=1S/C23H28ClNO3/c1-6-20(27-16-8-9-18(24)15(3)12-16)22(26)25-19-13-23(4,5)28-21-10-7-14(2)11-17(19)21/h7-12,19-20H,6,13H2,1-5H3,(H,25,26)/t19-,20+/m0/s1. The number of rotatable bonds is 5. The quantitative estimate of drug-likeness (QED) is 0.716. The van der Waals surface area contributed by atoms with Crippen LogP contribution in [0.1, 0.15) is 56.3 Å². The van der Waals surface area contributed by atoms with Gasteiger partial charge < -0.3 is 14.8 Å². The Morgan fingerprint density at radius 1 is 1.29 bits per heavy atom. The Hall–Kier alpha value is -2.20. The lowest BCUT2D eigenvalue weighted by atomic mass is 9.88. The maximum Gasteiger partial charge on any atom is 0.261 e. The van der Waals surface area contributed by atoms with Crippen LogP contribution in [0.5, 0.6) is 11.5 Å². The van der Waals surface area contributed by atoms with E-state index in [1.54, 1.807) is 12.1 Å². The van der Waals surface area contributed by atoms with Crippen molar-refractivity contribution in [3.63, 3.8) is 0 Å². The van der Waals surface area contributed by atoms with Gasteiger partial charge in [0.15, 0.2) is 6.10 Å². The summed E-state index contributed by atoms with van der Waals surface area (Å²) >= 11 is 6.08. The van der Waals surface area contributed by atoms with Crippen molar-refractivity contribution >= 4 is 17.5 Å². The number of benzene rings is 2. The monoisotopic (exact) mass is 401 g/mol. The Bertz CT molecular complexity index is 878. The van der Waals surface area contributed by atoms with Crippen LogP contribution >= 0.6 is 11.6 Å². The average Bonchev–Trinajstić information content (AvgIpc) is 2.62. The van der Waals surface area contributed by atoms with Crippen molar-refractivity contribution < 1.29 is 14.3 Å². The molecule has 0 spiro atoms. The fourth-order valence-corrected chi connectivity index (χ4v) is 3.66.